The van der Waals surface area contributed by atoms with Crippen molar-refractivity contribution in [3.8, 4) is 0 Å². The minimum atomic E-state index is 1.18. The van der Waals surface area contributed by atoms with Crippen molar-refractivity contribution in [1.29, 1.82) is 0 Å². The summed E-state index contributed by atoms with van der Waals surface area (Å²) in [5.74, 6) is 0. The Bertz CT molecular complexity index is 1010. The highest BCUT2D eigenvalue weighted by Crippen LogP contribution is 2.44. The molecule has 0 radical (unpaired) electrons. The second kappa shape index (κ2) is 6.17. The summed E-state index contributed by atoms with van der Waals surface area (Å²) in [4.78, 5) is 2.48. The van der Waals surface area contributed by atoms with Gasteiger partial charge in [-0.1, -0.05) is 54.1 Å². The summed E-state index contributed by atoms with van der Waals surface area (Å²) >= 11 is 0. The van der Waals surface area contributed by atoms with E-state index in [0.29, 0.717) is 0 Å². The molecule has 128 valence electrons. The Balaban J connectivity index is 1.80. The van der Waals surface area contributed by atoms with E-state index in [2.05, 4.69) is 84.6 Å². The van der Waals surface area contributed by atoms with Gasteiger partial charge in [-0.3, -0.25) is 0 Å². The molecule has 5 rings (SSSR count). The van der Waals surface area contributed by atoms with Crippen molar-refractivity contribution in [2.45, 2.75) is 32.6 Å². The summed E-state index contributed by atoms with van der Waals surface area (Å²) < 4.78 is 0. The molecule has 1 aliphatic carbocycles. The van der Waals surface area contributed by atoms with Crippen LogP contribution in [0.1, 0.15) is 40.7 Å². The maximum absolute atomic E-state index is 2.48. The van der Waals surface area contributed by atoms with Gasteiger partial charge in [-0.25, -0.2) is 0 Å². The topological polar surface area (TPSA) is 3.24 Å². The van der Waals surface area contributed by atoms with Crippen LogP contribution < -0.4 is 4.90 Å². The maximum Gasteiger partial charge on any atom is 0.0534 e. The Hall–Kier alpha value is -2.80. The van der Waals surface area contributed by atoms with Crippen molar-refractivity contribution in [3.63, 3.8) is 0 Å². The van der Waals surface area contributed by atoms with E-state index in [0.717, 1.165) is 0 Å². The van der Waals surface area contributed by atoms with Gasteiger partial charge in [-0.15, -0.1) is 0 Å². The minimum absolute atomic E-state index is 1.18. The molecule has 3 aromatic carbocycles. The van der Waals surface area contributed by atoms with E-state index >= 15 is 0 Å². The fourth-order valence-electron chi connectivity index (χ4n) is 4.38. The van der Waals surface area contributed by atoms with Gasteiger partial charge in [0.05, 0.1) is 11.4 Å². The predicted molar refractivity (Wildman–Crippen MR) is 111 cm³/mol. The molecule has 1 heteroatoms. The number of para-hydroxylation sites is 1. The number of fused-ring (bicyclic) bond motifs is 3. The van der Waals surface area contributed by atoms with E-state index in [1.54, 1.807) is 0 Å². The van der Waals surface area contributed by atoms with Gasteiger partial charge in [-0.05, 0) is 79.1 Å². The first-order valence-electron chi connectivity index (χ1n) is 9.60. The van der Waals surface area contributed by atoms with Crippen LogP contribution in [0.5, 0.6) is 0 Å². The zero-order valence-corrected chi connectivity index (χ0v) is 15.2. The van der Waals surface area contributed by atoms with E-state index in [4.69, 9.17) is 0 Å². The number of benzene rings is 3. The number of hydrogen-bond acceptors (Lipinski definition) is 1. The molecule has 1 nitrogen and oxygen atoms in total. The molecule has 0 saturated carbocycles. The second-order valence-electron chi connectivity index (χ2n) is 7.41. The zero-order chi connectivity index (χ0) is 17.5. The summed E-state index contributed by atoms with van der Waals surface area (Å²) in [6.07, 6.45) is 9.50. The third kappa shape index (κ3) is 2.47. The number of anilines is 3. The van der Waals surface area contributed by atoms with Crippen LogP contribution in [0, 0.1) is 6.92 Å². The van der Waals surface area contributed by atoms with E-state index in [-0.39, 0.29) is 0 Å². The normalized spacial score (nSPS) is 15.0. The van der Waals surface area contributed by atoms with E-state index in [1.165, 1.54) is 70.6 Å². The van der Waals surface area contributed by atoms with Gasteiger partial charge in [0.2, 0.25) is 0 Å². The number of aryl methyl sites for hydroxylation is 2. The van der Waals surface area contributed by atoms with Crippen molar-refractivity contribution in [2.75, 3.05) is 4.90 Å². The van der Waals surface area contributed by atoms with Gasteiger partial charge < -0.3 is 4.90 Å². The van der Waals surface area contributed by atoms with Gasteiger partial charge in [0.25, 0.3) is 0 Å². The molecule has 3 aromatic rings. The third-order valence-electron chi connectivity index (χ3n) is 5.66. The molecule has 1 heterocycles. The molecule has 2 aliphatic rings. The molecule has 0 saturated heterocycles. The highest BCUT2D eigenvalue weighted by molar-refractivity contribution is 5.94. The molecular formula is C25H23N. The maximum atomic E-state index is 2.48. The molecular weight excluding hydrogens is 314 g/mol. The third-order valence-corrected chi connectivity index (χ3v) is 5.66. The summed E-state index contributed by atoms with van der Waals surface area (Å²) in [5, 5.41) is 0. The van der Waals surface area contributed by atoms with E-state index in [1.807, 2.05) is 0 Å². The minimum Gasteiger partial charge on any atom is -0.309 e. The summed E-state index contributed by atoms with van der Waals surface area (Å²) in [7, 11) is 0. The van der Waals surface area contributed by atoms with Crippen LogP contribution in [-0.2, 0) is 12.8 Å². The van der Waals surface area contributed by atoms with E-state index < -0.39 is 0 Å². The lowest BCUT2D eigenvalue weighted by Crippen LogP contribution is -2.16. The molecule has 0 unspecified atom stereocenters. The van der Waals surface area contributed by atoms with Crippen molar-refractivity contribution in [1.82, 2.24) is 0 Å². The van der Waals surface area contributed by atoms with Crippen LogP contribution in [0.2, 0.25) is 0 Å². The van der Waals surface area contributed by atoms with Crippen LogP contribution in [-0.4, -0.2) is 0 Å². The standard InChI is InChI=1S/C25H23N/c1-18-13-16-24-21(17-18)15-14-20-8-3-5-11-23(20)26(24)25-12-6-9-19-7-2-4-10-22(19)25/h3,5-6,8-9,11-17H,2,4,7,10H2,1H3. The van der Waals surface area contributed by atoms with Crippen LogP contribution in [0.4, 0.5) is 17.1 Å². The summed E-state index contributed by atoms with van der Waals surface area (Å²) in [5.41, 5.74) is 10.8. The van der Waals surface area contributed by atoms with Gasteiger partial charge in [0.1, 0.15) is 0 Å². The summed E-state index contributed by atoms with van der Waals surface area (Å²) in [6, 6.07) is 22.4. The van der Waals surface area contributed by atoms with Gasteiger partial charge in [-0.2, -0.15) is 0 Å². The molecule has 0 spiro atoms. The molecule has 0 aromatic heterocycles. The fraction of sp³-hybridized carbons (Fsp3) is 0.200. The van der Waals surface area contributed by atoms with Gasteiger partial charge >= 0.3 is 0 Å². The molecule has 0 atom stereocenters. The molecule has 26 heavy (non-hydrogen) atoms. The highest BCUT2D eigenvalue weighted by atomic mass is 15.2. The number of nitrogens with zero attached hydrogens (tertiary/aromatic N) is 1. The lowest BCUT2D eigenvalue weighted by atomic mass is 9.89. The van der Waals surface area contributed by atoms with Crippen LogP contribution in [0.25, 0.3) is 12.2 Å². The van der Waals surface area contributed by atoms with Crippen molar-refractivity contribution >= 4 is 29.2 Å². The Labute approximate surface area is 155 Å². The number of hydrogen-bond donors (Lipinski definition) is 0. The smallest absolute Gasteiger partial charge is 0.0534 e. The van der Waals surface area contributed by atoms with Crippen molar-refractivity contribution in [3.05, 3.63) is 88.5 Å². The Morgan fingerprint density at radius 2 is 1.46 bits per heavy atom. The van der Waals surface area contributed by atoms with Crippen LogP contribution in [0.3, 0.4) is 0 Å². The quantitative estimate of drug-likeness (QED) is 0.368. The lowest BCUT2D eigenvalue weighted by molar-refractivity contribution is 0.686. The highest BCUT2D eigenvalue weighted by Gasteiger charge is 2.23. The fourth-order valence-corrected chi connectivity index (χ4v) is 4.38. The molecule has 0 amide bonds. The monoisotopic (exact) mass is 337 g/mol. The van der Waals surface area contributed by atoms with Crippen molar-refractivity contribution in [2.24, 2.45) is 0 Å². The first-order chi connectivity index (χ1) is 12.8. The van der Waals surface area contributed by atoms with Crippen LogP contribution >= 0.6 is 0 Å². The SMILES string of the molecule is Cc1ccc2c(c1)C=Cc1ccccc1N2c1cccc2c1CCCC2. The second-order valence-corrected chi connectivity index (χ2v) is 7.41. The van der Waals surface area contributed by atoms with Crippen molar-refractivity contribution < 1.29 is 0 Å². The first-order valence-corrected chi connectivity index (χ1v) is 9.60. The van der Waals surface area contributed by atoms with Crippen LogP contribution in [0.15, 0.2) is 60.7 Å². The van der Waals surface area contributed by atoms with Gasteiger partial charge in [0.15, 0.2) is 0 Å². The van der Waals surface area contributed by atoms with Gasteiger partial charge in [0, 0.05) is 5.69 Å². The molecule has 0 bridgehead atoms. The number of rotatable bonds is 1. The predicted octanol–water partition coefficient (Wildman–Crippen LogP) is 6.83. The zero-order valence-electron chi connectivity index (χ0n) is 15.2. The molecule has 1 aliphatic heterocycles. The van der Waals surface area contributed by atoms with E-state index in [9.17, 15) is 0 Å². The average Bonchev–Trinajstić information content (AvgIpc) is 2.84. The molecule has 0 N–H and O–H groups in total. The largest absolute Gasteiger partial charge is 0.309 e. The first kappa shape index (κ1) is 15.5. The average molecular weight is 337 g/mol. The Morgan fingerprint density at radius 3 is 2.42 bits per heavy atom. The Kier molecular flexibility index (Phi) is 3.67. The lowest BCUT2D eigenvalue weighted by Gasteiger charge is -2.31. The summed E-state index contributed by atoms with van der Waals surface area (Å²) in [6.45, 7) is 2.17. The Morgan fingerprint density at radius 1 is 0.692 bits per heavy atom. The molecule has 0 fully saturated rings.